The van der Waals surface area contributed by atoms with Gasteiger partial charge in [-0.15, -0.1) is 0 Å². The zero-order valence-electron chi connectivity index (χ0n) is 59.2. The second kappa shape index (κ2) is 26.3. The van der Waals surface area contributed by atoms with Gasteiger partial charge in [-0.25, -0.2) is 0 Å². The molecule has 492 valence electrons. The molecule has 0 nitrogen and oxygen atoms in total. The summed E-state index contributed by atoms with van der Waals surface area (Å²) < 4.78 is 0. The molecule has 0 spiro atoms. The molecule has 0 saturated carbocycles. The van der Waals surface area contributed by atoms with Crippen LogP contribution in [-0.4, -0.2) is 0 Å². The summed E-state index contributed by atoms with van der Waals surface area (Å²) in [4.78, 5) is 0. The van der Waals surface area contributed by atoms with Crippen molar-refractivity contribution in [3.05, 3.63) is 398 Å². The van der Waals surface area contributed by atoms with Gasteiger partial charge in [0, 0.05) is 5.41 Å². The first-order chi connectivity index (χ1) is 51.1. The largest absolute Gasteiger partial charge is 0.0619 e. The molecule has 104 heavy (non-hydrogen) atoms. The van der Waals surface area contributed by atoms with Crippen molar-refractivity contribution in [3.63, 3.8) is 0 Å². The monoisotopic (exact) mass is 1320 g/mol. The average Bonchev–Trinajstić information content (AvgIpc) is 1.13. The molecule has 0 fully saturated rings. The third-order valence-corrected chi connectivity index (χ3v) is 22.0. The van der Waals surface area contributed by atoms with Crippen molar-refractivity contribution in [1.29, 1.82) is 0 Å². The van der Waals surface area contributed by atoms with Crippen LogP contribution in [0.1, 0.15) is 41.7 Å². The molecule has 0 aliphatic heterocycles. The van der Waals surface area contributed by atoms with E-state index in [4.69, 9.17) is 0 Å². The fraction of sp³-hybridized carbons (Fsp3) is 0.0577. The van der Waals surface area contributed by atoms with E-state index in [1.54, 1.807) is 0 Å². The summed E-state index contributed by atoms with van der Waals surface area (Å²) in [6, 6.07) is 136. The molecule has 0 saturated heterocycles. The summed E-state index contributed by atoms with van der Waals surface area (Å²) in [6.07, 6.45) is 0. The van der Waals surface area contributed by atoms with Gasteiger partial charge in [-0.2, -0.15) is 0 Å². The van der Waals surface area contributed by atoms with Crippen molar-refractivity contribution in [3.8, 4) is 89.0 Å². The van der Waals surface area contributed by atoms with E-state index in [0.29, 0.717) is 0 Å². The van der Waals surface area contributed by atoms with Gasteiger partial charge in [0.2, 0.25) is 0 Å². The highest BCUT2D eigenvalue weighted by Crippen LogP contribution is 2.52. The number of rotatable bonds is 7. The Balaban J connectivity index is 0.000000112. The standard InChI is InChI=1S/C37H26.C36H28.C31H22/c1-25-17-19-28(20-18-25)36-32-12-4-6-14-34(32)37(35-15-7-5-13-33(35)36)29-23-21-27(22-24-29)31-16-8-10-26-9-2-3-11-30(26)31;1-23-16-18-24(19-17-23)34-28-11-4-6-13-30(28)35(31-14-7-5-12-29(31)34)25-20-21-27-26-10-8-9-15-32(26)36(2,3)33(27)22-25;1-21-14-16-23(17-15-21)30-26-10-4-6-12-28(26)31(29-13-7-5-11-27(29)30)25-19-18-22-8-2-3-9-24(22)20-25/h2-24H,1H3;4-22H,1-3H3;2-20H,1H3. The predicted octanol–water partition coefficient (Wildman–Crippen LogP) is 29.2. The van der Waals surface area contributed by atoms with Crippen molar-refractivity contribution in [2.45, 2.75) is 40.0 Å². The minimum atomic E-state index is -0.0185. The van der Waals surface area contributed by atoms with Crippen LogP contribution in [0, 0.1) is 20.8 Å². The van der Waals surface area contributed by atoms with Gasteiger partial charge in [0.25, 0.3) is 0 Å². The van der Waals surface area contributed by atoms with E-state index >= 15 is 0 Å². The summed E-state index contributed by atoms with van der Waals surface area (Å²) >= 11 is 0. The van der Waals surface area contributed by atoms with Gasteiger partial charge < -0.3 is 0 Å². The molecule has 0 radical (unpaired) electrons. The summed E-state index contributed by atoms with van der Waals surface area (Å²) in [5.74, 6) is 0. The molecule has 0 heterocycles. The lowest BCUT2D eigenvalue weighted by atomic mass is 9.80. The van der Waals surface area contributed by atoms with Crippen LogP contribution in [-0.2, 0) is 5.41 Å². The molecule has 0 atom stereocenters. The Morgan fingerprint density at radius 2 is 0.423 bits per heavy atom. The zero-order valence-corrected chi connectivity index (χ0v) is 59.2. The second-order valence-corrected chi connectivity index (χ2v) is 28.7. The fourth-order valence-corrected chi connectivity index (χ4v) is 16.9. The van der Waals surface area contributed by atoms with E-state index in [1.807, 2.05) is 0 Å². The highest BCUT2D eigenvalue weighted by atomic mass is 14.4. The van der Waals surface area contributed by atoms with Gasteiger partial charge in [-0.05, 0) is 219 Å². The van der Waals surface area contributed by atoms with Gasteiger partial charge >= 0.3 is 0 Å². The summed E-state index contributed by atoms with van der Waals surface area (Å²) in [6.45, 7) is 11.2. The fourth-order valence-electron chi connectivity index (χ4n) is 16.9. The van der Waals surface area contributed by atoms with E-state index in [9.17, 15) is 0 Å². The quantitative estimate of drug-likeness (QED) is 0.140. The number of hydrogen-bond donors (Lipinski definition) is 0. The minimum absolute atomic E-state index is 0.0185. The normalized spacial score (nSPS) is 12.2. The molecule has 1 aliphatic rings. The van der Waals surface area contributed by atoms with Crippen LogP contribution >= 0.6 is 0 Å². The molecule has 0 bridgehead atoms. The van der Waals surface area contributed by atoms with Gasteiger partial charge in [-0.1, -0.05) is 388 Å². The summed E-state index contributed by atoms with van der Waals surface area (Å²) in [5.41, 5.74) is 27.4. The van der Waals surface area contributed by atoms with E-state index < -0.39 is 0 Å². The van der Waals surface area contributed by atoms with Crippen LogP contribution in [0.2, 0.25) is 0 Å². The van der Waals surface area contributed by atoms with E-state index in [0.717, 1.165) is 0 Å². The Kier molecular flexibility index (Phi) is 16.1. The molecule has 0 aromatic heterocycles. The first-order valence-corrected chi connectivity index (χ1v) is 36.5. The Hall–Kier alpha value is -12.7. The van der Waals surface area contributed by atoms with Crippen LogP contribution < -0.4 is 0 Å². The number of aryl methyl sites for hydroxylation is 3. The van der Waals surface area contributed by atoms with E-state index in [1.165, 1.54) is 203 Å². The van der Waals surface area contributed by atoms with Crippen LogP contribution in [0.3, 0.4) is 0 Å². The molecular weight excluding hydrogens is 1250 g/mol. The molecule has 20 rings (SSSR count). The maximum atomic E-state index is 2.45. The van der Waals surface area contributed by atoms with Crippen LogP contribution in [0.4, 0.5) is 0 Å². The van der Waals surface area contributed by atoms with Gasteiger partial charge in [0.15, 0.2) is 0 Å². The van der Waals surface area contributed by atoms with Gasteiger partial charge in [0.1, 0.15) is 0 Å². The van der Waals surface area contributed by atoms with Crippen molar-refractivity contribution < 1.29 is 0 Å². The third-order valence-electron chi connectivity index (χ3n) is 22.0. The highest BCUT2D eigenvalue weighted by Gasteiger charge is 2.35. The third kappa shape index (κ3) is 11.1. The van der Waals surface area contributed by atoms with Crippen molar-refractivity contribution in [1.82, 2.24) is 0 Å². The number of benzene rings is 19. The lowest BCUT2D eigenvalue weighted by Gasteiger charge is -2.23. The molecule has 19 aromatic rings. The molecule has 0 unspecified atom stereocenters. The summed E-state index contributed by atoms with van der Waals surface area (Å²) in [5, 5.41) is 20.7. The van der Waals surface area contributed by atoms with Crippen molar-refractivity contribution in [2.75, 3.05) is 0 Å². The highest BCUT2D eigenvalue weighted by molar-refractivity contribution is 6.24. The Bertz CT molecular complexity index is 6370. The summed E-state index contributed by atoms with van der Waals surface area (Å²) in [7, 11) is 0. The molecule has 0 amide bonds. The maximum absolute atomic E-state index is 2.45. The lowest BCUT2D eigenvalue weighted by molar-refractivity contribution is 0.660. The van der Waals surface area contributed by atoms with Crippen LogP contribution in [0.25, 0.3) is 175 Å². The minimum Gasteiger partial charge on any atom is -0.0619 e. The predicted molar refractivity (Wildman–Crippen MR) is 449 cm³/mol. The molecule has 0 heteroatoms. The Morgan fingerprint density at radius 1 is 0.163 bits per heavy atom. The lowest BCUT2D eigenvalue weighted by Crippen LogP contribution is -2.14. The average molecular weight is 1330 g/mol. The maximum Gasteiger partial charge on any atom is 0.0159 e. The smallest absolute Gasteiger partial charge is 0.0159 e. The topological polar surface area (TPSA) is 0 Å². The van der Waals surface area contributed by atoms with Crippen LogP contribution in [0.5, 0.6) is 0 Å². The Labute approximate surface area is 609 Å². The Morgan fingerprint density at radius 3 is 0.827 bits per heavy atom. The molecule has 19 aromatic carbocycles. The second-order valence-electron chi connectivity index (χ2n) is 28.7. The van der Waals surface area contributed by atoms with E-state index in [-0.39, 0.29) is 5.41 Å². The SMILES string of the molecule is Cc1ccc(-c2c3ccccc3c(-c3ccc(-c4cccc5ccccc45)cc3)c3ccccc23)cc1.Cc1ccc(-c2c3ccccc3c(-c3ccc4c(c3)C(C)(C)c3ccccc3-4)c3ccccc23)cc1.Cc1ccc(-c2c3ccccc3c(-c3ccc4ccccc4c3)c3ccccc23)cc1. The zero-order chi connectivity index (χ0) is 70.0. The first kappa shape index (κ1) is 63.4. The van der Waals surface area contributed by atoms with Crippen LogP contribution in [0.15, 0.2) is 370 Å². The molecular formula is C104H76. The van der Waals surface area contributed by atoms with Gasteiger partial charge in [-0.3, -0.25) is 0 Å². The molecule has 0 N–H and O–H groups in total. The number of fused-ring (bicyclic) bond motifs is 11. The van der Waals surface area contributed by atoms with Gasteiger partial charge in [0.05, 0.1) is 0 Å². The van der Waals surface area contributed by atoms with Crippen molar-refractivity contribution in [2.24, 2.45) is 0 Å². The first-order valence-electron chi connectivity index (χ1n) is 36.5. The van der Waals surface area contributed by atoms with Crippen molar-refractivity contribution >= 4 is 86.2 Å². The van der Waals surface area contributed by atoms with E-state index in [2.05, 4.69) is 405 Å². The molecule has 1 aliphatic carbocycles. The number of hydrogen-bond acceptors (Lipinski definition) is 0.